The predicted octanol–water partition coefficient (Wildman–Crippen LogP) is 2.29. The van der Waals surface area contributed by atoms with Gasteiger partial charge in [-0.15, -0.1) is 0 Å². The minimum Gasteiger partial charge on any atom is -0.486 e. The largest absolute Gasteiger partial charge is 0.486 e. The van der Waals surface area contributed by atoms with E-state index in [2.05, 4.69) is 24.4 Å². The Labute approximate surface area is 114 Å². The molecule has 1 saturated heterocycles. The summed E-state index contributed by atoms with van der Waals surface area (Å²) in [6, 6.07) is 7.08. The standard InChI is InChI=1S/C15H21NO3/c1-11(16-13-4-6-17-7-5-13)12-2-3-14-15(10-12)19-9-8-18-14/h2-3,10-11,13,16H,4-9H2,1H3. The highest BCUT2D eigenvalue weighted by atomic mass is 16.6. The Bertz CT molecular complexity index is 429. The van der Waals surface area contributed by atoms with E-state index in [1.54, 1.807) is 0 Å². The van der Waals surface area contributed by atoms with Crippen LogP contribution >= 0.6 is 0 Å². The molecule has 0 aliphatic carbocycles. The molecular formula is C15H21NO3. The molecular weight excluding hydrogens is 242 g/mol. The third-order valence-corrected chi connectivity index (χ3v) is 3.77. The number of rotatable bonds is 3. The van der Waals surface area contributed by atoms with Crippen molar-refractivity contribution < 1.29 is 14.2 Å². The molecule has 0 bridgehead atoms. The molecule has 2 heterocycles. The molecule has 0 spiro atoms. The predicted molar refractivity (Wildman–Crippen MR) is 72.8 cm³/mol. The molecule has 4 heteroatoms. The summed E-state index contributed by atoms with van der Waals surface area (Å²) in [5.41, 5.74) is 1.25. The number of fused-ring (bicyclic) bond motifs is 1. The lowest BCUT2D eigenvalue weighted by Gasteiger charge is -2.27. The Balaban J connectivity index is 1.67. The molecule has 2 aliphatic heterocycles. The van der Waals surface area contributed by atoms with Gasteiger partial charge in [0.1, 0.15) is 13.2 Å². The van der Waals surface area contributed by atoms with Gasteiger partial charge in [0.2, 0.25) is 0 Å². The fourth-order valence-corrected chi connectivity index (χ4v) is 2.64. The van der Waals surface area contributed by atoms with E-state index in [-0.39, 0.29) is 0 Å². The van der Waals surface area contributed by atoms with Crippen molar-refractivity contribution in [3.8, 4) is 11.5 Å². The van der Waals surface area contributed by atoms with Gasteiger partial charge in [-0.3, -0.25) is 0 Å². The summed E-state index contributed by atoms with van der Waals surface area (Å²) in [6.07, 6.45) is 2.18. The van der Waals surface area contributed by atoms with E-state index >= 15 is 0 Å². The van der Waals surface area contributed by atoms with Gasteiger partial charge >= 0.3 is 0 Å². The van der Waals surface area contributed by atoms with Crippen LogP contribution in [0, 0.1) is 0 Å². The summed E-state index contributed by atoms with van der Waals surface area (Å²) in [5.74, 6) is 1.72. The maximum atomic E-state index is 5.63. The van der Waals surface area contributed by atoms with Gasteiger partial charge in [-0.1, -0.05) is 6.07 Å². The Morgan fingerprint density at radius 2 is 1.79 bits per heavy atom. The summed E-state index contributed by atoms with van der Waals surface area (Å²) in [5, 5.41) is 3.67. The van der Waals surface area contributed by atoms with Crippen LogP contribution in [-0.4, -0.2) is 32.5 Å². The third kappa shape index (κ3) is 3.01. The maximum Gasteiger partial charge on any atom is 0.161 e. The Morgan fingerprint density at radius 3 is 2.58 bits per heavy atom. The molecule has 0 amide bonds. The second kappa shape index (κ2) is 5.80. The van der Waals surface area contributed by atoms with Gasteiger partial charge in [0.05, 0.1) is 0 Å². The van der Waals surface area contributed by atoms with Crippen molar-refractivity contribution >= 4 is 0 Å². The fraction of sp³-hybridized carbons (Fsp3) is 0.600. The smallest absolute Gasteiger partial charge is 0.161 e. The lowest BCUT2D eigenvalue weighted by molar-refractivity contribution is 0.0754. The van der Waals surface area contributed by atoms with E-state index in [0.29, 0.717) is 25.3 Å². The first-order chi connectivity index (χ1) is 9.33. The van der Waals surface area contributed by atoms with Crippen LogP contribution in [0.4, 0.5) is 0 Å². The highest BCUT2D eigenvalue weighted by Crippen LogP contribution is 2.32. The maximum absolute atomic E-state index is 5.63. The monoisotopic (exact) mass is 263 g/mol. The van der Waals surface area contributed by atoms with Gasteiger partial charge < -0.3 is 19.5 Å². The topological polar surface area (TPSA) is 39.7 Å². The molecule has 19 heavy (non-hydrogen) atoms. The van der Waals surface area contributed by atoms with Crippen LogP contribution in [0.15, 0.2) is 18.2 Å². The Morgan fingerprint density at radius 1 is 1.05 bits per heavy atom. The molecule has 2 aliphatic rings. The van der Waals surface area contributed by atoms with Gasteiger partial charge in [0, 0.05) is 25.3 Å². The number of hydrogen-bond acceptors (Lipinski definition) is 4. The minimum atomic E-state index is 0.318. The summed E-state index contributed by atoms with van der Waals surface area (Å²) >= 11 is 0. The SMILES string of the molecule is CC(NC1CCOCC1)c1ccc2c(c1)OCCO2. The summed E-state index contributed by atoms with van der Waals surface area (Å²) in [6.45, 7) is 5.21. The average molecular weight is 263 g/mol. The first kappa shape index (κ1) is 12.8. The number of benzene rings is 1. The molecule has 1 N–H and O–H groups in total. The van der Waals surface area contributed by atoms with Crippen molar-refractivity contribution in [2.45, 2.75) is 31.8 Å². The molecule has 1 aromatic carbocycles. The second-order valence-electron chi connectivity index (χ2n) is 5.18. The zero-order chi connectivity index (χ0) is 13.1. The quantitative estimate of drug-likeness (QED) is 0.908. The van der Waals surface area contributed by atoms with E-state index in [0.717, 1.165) is 37.6 Å². The third-order valence-electron chi connectivity index (χ3n) is 3.77. The van der Waals surface area contributed by atoms with Crippen molar-refractivity contribution in [2.24, 2.45) is 0 Å². The van der Waals surface area contributed by atoms with E-state index < -0.39 is 0 Å². The zero-order valence-corrected chi connectivity index (χ0v) is 11.4. The normalized spacial score (nSPS) is 21.1. The van der Waals surface area contributed by atoms with E-state index in [9.17, 15) is 0 Å². The Hall–Kier alpha value is -1.26. The Kier molecular flexibility index (Phi) is 3.89. The van der Waals surface area contributed by atoms with Crippen LogP contribution in [-0.2, 0) is 4.74 Å². The molecule has 3 rings (SSSR count). The number of ether oxygens (including phenoxy) is 3. The molecule has 1 atom stereocenters. The summed E-state index contributed by atoms with van der Waals surface area (Å²) in [4.78, 5) is 0. The van der Waals surface area contributed by atoms with Crippen LogP contribution in [0.5, 0.6) is 11.5 Å². The van der Waals surface area contributed by atoms with Crippen molar-refractivity contribution in [3.05, 3.63) is 23.8 Å². The van der Waals surface area contributed by atoms with E-state index in [4.69, 9.17) is 14.2 Å². The molecule has 0 radical (unpaired) electrons. The van der Waals surface area contributed by atoms with Crippen molar-refractivity contribution in [3.63, 3.8) is 0 Å². The van der Waals surface area contributed by atoms with Gasteiger partial charge in [0.25, 0.3) is 0 Å². The van der Waals surface area contributed by atoms with Gasteiger partial charge in [0.15, 0.2) is 11.5 Å². The van der Waals surface area contributed by atoms with Gasteiger partial charge in [-0.25, -0.2) is 0 Å². The summed E-state index contributed by atoms with van der Waals surface area (Å²) < 4.78 is 16.6. The van der Waals surface area contributed by atoms with E-state index in [1.807, 2.05) is 6.07 Å². The minimum absolute atomic E-state index is 0.318. The van der Waals surface area contributed by atoms with Gasteiger partial charge in [-0.05, 0) is 37.5 Å². The van der Waals surface area contributed by atoms with Crippen molar-refractivity contribution in [2.75, 3.05) is 26.4 Å². The van der Waals surface area contributed by atoms with Gasteiger partial charge in [-0.2, -0.15) is 0 Å². The molecule has 104 valence electrons. The first-order valence-electron chi connectivity index (χ1n) is 7.06. The fourth-order valence-electron chi connectivity index (χ4n) is 2.64. The zero-order valence-electron chi connectivity index (χ0n) is 11.4. The number of nitrogens with one attached hydrogen (secondary N) is 1. The summed E-state index contributed by atoms with van der Waals surface area (Å²) in [7, 11) is 0. The lowest BCUT2D eigenvalue weighted by atomic mass is 10.0. The lowest BCUT2D eigenvalue weighted by Crippen LogP contribution is -2.36. The molecule has 1 aromatic rings. The van der Waals surface area contributed by atoms with Crippen LogP contribution < -0.4 is 14.8 Å². The molecule has 0 aromatic heterocycles. The van der Waals surface area contributed by atoms with E-state index in [1.165, 1.54) is 5.56 Å². The van der Waals surface area contributed by atoms with Crippen LogP contribution in [0.3, 0.4) is 0 Å². The highest BCUT2D eigenvalue weighted by molar-refractivity contribution is 5.44. The highest BCUT2D eigenvalue weighted by Gasteiger charge is 2.18. The second-order valence-corrected chi connectivity index (χ2v) is 5.18. The molecule has 1 fully saturated rings. The molecule has 4 nitrogen and oxygen atoms in total. The van der Waals surface area contributed by atoms with Crippen LogP contribution in [0.25, 0.3) is 0 Å². The molecule has 1 unspecified atom stereocenters. The molecule has 0 saturated carbocycles. The van der Waals surface area contributed by atoms with Crippen molar-refractivity contribution in [1.29, 1.82) is 0 Å². The first-order valence-corrected chi connectivity index (χ1v) is 7.06. The van der Waals surface area contributed by atoms with Crippen LogP contribution in [0.1, 0.15) is 31.4 Å². The van der Waals surface area contributed by atoms with Crippen molar-refractivity contribution in [1.82, 2.24) is 5.32 Å². The van der Waals surface area contributed by atoms with Crippen LogP contribution in [0.2, 0.25) is 0 Å². The number of hydrogen-bond donors (Lipinski definition) is 1. The average Bonchev–Trinajstić information content (AvgIpc) is 2.48.